The van der Waals surface area contributed by atoms with Gasteiger partial charge in [0.05, 0.1) is 6.26 Å². The second-order valence-electron chi connectivity index (χ2n) is 3.14. The van der Waals surface area contributed by atoms with Gasteiger partial charge in [0.2, 0.25) is 0 Å². The van der Waals surface area contributed by atoms with Gasteiger partial charge < -0.3 is 14.8 Å². The molecular formula is C11H8N2O4. The fraction of sp³-hybridized carbons (Fsp3) is 0. The number of carbonyl (C=O) groups excluding carboxylic acids is 1. The summed E-state index contributed by atoms with van der Waals surface area (Å²) in [6, 6.07) is 5.86. The number of nitrogens with one attached hydrogen (secondary N) is 1. The Kier molecular flexibility index (Phi) is 2.87. The highest BCUT2D eigenvalue weighted by molar-refractivity contribution is 6.05. The predicted molar refractivity (Wildman–Crippen MR) is 57.9 cm³/mol. The van der Waals surface area contributed by atoms with E-state index in [1.165, 1.54) is 30.7 Å². The van der Waals surface area contributed by atoms with Crippen molar-refractivity contribution in [3.63, 3.8) is 0 Å². The van der Waals surface area contributed by atoms with Gasteiger partial charge in [-0.2, -0.15) is 0 Å². The summed E-state index contributed by atoms with van der Waals surface area (Å²) in [4.78, 5) is 26.3. The number of carboxylic acids is 1. The Balaban J connectivity index is 2.25. The summed E-state index contributed by atoms with van der Waals surface area (Å²) in [5.74, 6) is -1.63. The number of amides is 1. The standard InChI is InChI=1S/C11H8N2O4/c14-10(8-4-2-6-17-8)13-9-7(11(15)16)3-1-5-12-9/h1-6H,(H,15,16)(H,12,13,14). The van der Waals surface area contributed by atoms with Crippen LogP contribution in [0.1, 0.15) is 20.9 Å². The quantitative estimate of drug-likeness (QED) is 0.838. The number of furan rings is 1. The third-order valence-electron chi connectivity index (χ3n) is 2.02. The van der Waals surface area contributed by atoms with E-state index in [-0.39, 0.29) is 17.1 Å². The van der Waals surface area contributed by atoms with Crippen LogP contribution in [0.2, 0.25) is 0 Å². The molecule has 0 unspecified atom stereocenters. The molecule has 0 atom stereocenters. The van der Waals surface area contributed by atoms with Crippen LogP contribution in [0.25, 0.3) is 0 Å². The Labute approximate surface area is 95.9 Å². The first-order valence-electron chi connectivity index (χ1n) is 4.71. The fourth-order valence-electron chi connectivity index (χ4n) is 1.25. The van der Waals surface area contributed by atoms with Crippen LogP contribution in [0.15, 0.2) is 41.1 Å². The maximum atomic E-state index is 11.6. The normalized spacial score (nSPS) is 9.88. The molecule has 0 aliphatic carbocycles. The van der Waals surface area contributed by atoms with Gasteiger partial charge in [-0.05, 0) is 24.3 Å². The first kappa shape index (κ1) is 10.9. The number of aromatic carboxylic acids is 1. The zero-order valence-electron chi connectivity index (χ0n) is 8.58. The summed E-state index contributed by atoms with van der Waals surface area (Å²) in [5.41, 5.74) is -0.0765. The molecule has 0 aromatic carbocycles. The first-order valence-corrected chi connectivity index (χ1v) is 4.71. The van der Waals surface area contributed by atoms with E-state index < -0.39 is 11.9 Å². The zero-order valence-corrected chi connectivity index (χ0v) is 8.58. The molecule has 86 valence electrons. The Hall–Kier alpha value is -2.63. The second-order valence-corrected chi connectivity index (χ2v) is 3.14. The molecule has 1 amide bonds. The summed E-state index contributed by atoms with van der Waals surface area (Å²) >= 11 is 0. The van der Waals surface area contributed by atoms with Crippen molar-refractivity contribution >= 4 is 17.7 Å². The van der Waals surface area contributed by atoms with Crippen molar-refractivity contribution < 1.29 is 19.1 Å². The van der Waals surface area contributed by atoms with Crippen LogP contribution in [-0.4, -0.2) is 22.0 Å². The molecule has 0 aliphatic rings. The zero-order chi connectivity index (χ0) is 12.3. The van der Waals surface area contributed by atoms with Crippen molar-refractivity contribution in [3.05, 3.63) is 48.0 Å². The molecule has 0 bridgehead atoms. The highest BCUT2D eigenvalue weighted by atomic mass is 16.4. The van der Waals surface area contributed by atoms with Crippen LogP contribution in [0.4, 0.5) is 5.82 Å². The summed E-state index contributed by atoms with van der Waals surface area (Å²) in [5, 5.41) is 11.3. The van der Waals surface area contributed by atoms with Crippen molar-refractivity contribution in [1.82, 2.24) is 4.98 Å². The first-order chi connectivity index (χ1) is 8.18. The Morgan fingerprint density at radius 2 is 2.12 bits per heavy atom. The Morgan fingerprint density at radius 1 is 1.29 bits per heavy atom. The lowest BCUT2D eigenvalue weighted by Crippen LogP contribution is -2.15. The molecule has 0 saturated heterocycles. The average Bonchev–Trinajstić information content (AvgIpc) is 2.83. The van der Waals surface area contributed by atoms with Gasteiger partial charge in [0.25, 0.3) is 5.91 Å². The van der Waals surface area contributed by atoms with Crippen molar-refractivity contribution in [1.29, 1.82) is 0 Å². The van der Waals surface area contributed by atoms with Crippen LogP contribution in [0.5, 0.6) is 0 Å². The van der Waals surface area contributed by atoms with Crippen LogP contribution in [-0.2, 0) is 0 Å². The van der Waals surface area contributed by atoms with Crippen molar-refractivity contribution in [2.24, 2.45) is 0 Å². The van der Waals surface area contributed by atoms with Crippen molar-refractivity contribution in [2.75, 3.05) is 5.32 Å². The number of pyridine rings is 1. The molecule has 2 N–H and O–H groups in total. The molecule has 0 fully saturated rings. The van der Waals surface area contributed by atoms with Gasteiger partial charge in [-0.25, -0.2) is 9.78 Å². The smallest absolute Gasteiger partial charge is 0.339 e. The van der Waals surface area contributed by atoms with E-state index in [4.69, 9.17) is 9.52 Å². The minimum absolute atomic E-state index is 0.0126. The summed E-state index contributed by atoms with van der Waals surface area (Å²) < 4.78 is 4.88. The Bertz CT molecular complexity index is 548. The van der Waals surface area contributed by atoms with Crippen LogP contribution in [0.3, 0.4) is 0 Å². The molecule has 0 spiro atoms. The minimum Gasteiger partial charge on any atom is -0.478 e. The number of carboxylic acid groups (broad SMARTS) is 1. The monoisotopic (exact) mass is 232 g/mol. The molecule has 2 heterocycles. The number of carbonyl (C=O) groups is 2. The summed E-state index contributed by atoms with van der Waals surface area (Å²) in [6.07, 6.45) is 2.75. The van der Waals surface area contributed by atoms with Gasteiger partial charge in [-0.1, -0.05) is 0 Å². The van der Waals surface area contributed by atoms with E-state index in [0.717, 1.165) is 0 Å². The van der Waals surface area contributed by atoms with E-state index >= 15 is 0 Å². The topological polar surface area (TPSA) is 92.4 Å². The molecule has 6 nitrogen and oxygen atoms in total. The molecule has 0 saturated carbocycles. The third-order valence-corrected chi connectivity index (χ3v) is 2.02. The summed E-state index contributed by atoms with van der Waals surface area (Å²) in [6.45, 7) is 0. The molecule has 2 rings (SSSR count). The maximum Gasteiger partial charge on any atom is 0.339 e. The SMILES string of the molecule is O=C(Nc1ncccc1C(=O)O)c1ccco1. The lowest BCUT2D eigenvalue weighted by atomic mass is 10.2. The highest BCUT2D eigenvalue weighted by Crippen LogP contribution is 2.13. The van der Waals surface area contributed by atoms with Gasteiger partial charge in [-0.15, -0.1) is 0 Å². The third kappa shape index (κ3) is 2.31. The molecule has 6 heteroatoms. The van der Waals surface area contributed by atoms with Gasteiger partial charge in [0.15, 0.2) is 5.76 Å². The van der Waals surface area contributed by atoms with Crippen molar-refractivity contribution in [3.8, 4) is 0 Å². The minimum atomic E-state index is -1.16. The number of aromatic nitrogens is 1. The van der Waals surface area contributed by atoms with Gasteiger partial charge in [-0.3, -0.25) is 4.79 Å². The molecule has 2 aromatic rings. The van der Waals surface area contributed by atoms with Gasteiger partial charge in [0, 0.05) is 6.20 Å². The molecular weight excluding hydrogens is 224 g/mol. The summed E-state index contributed by atoms with van der Waals surface area (Å²) in [7, 11) is 0. The number of rotatable bonds is 3. The number of hydrogen-bond acceptors (Lipinski definition) is 4. The van der Waals surface area contributed by atoms with Crippen LogP contribution >= 0.6 is 0 Å². The predicted octanol–water partition coefficient (Wildman–Crippen LogP) is 1.63. The molecule has 17 heavy (non-hydrogen) atoms. The average molecular weight is 232 g/mol. The van der Waals surface area contributed by atoms with E-state index in [1.54, 1.807) is 6.07 Å². The van der Waals surface area contributed by atoms with E-state index in [0.29, 0.717) is 0 Å². The van der Waals surface area contributed by atoms with E-state index in [1.807, 2.05) is 0 Å². The number of anilines is 1. The Morgan fingerprint density at radius 3 is 2.76 bits per heavy atom. The van der Waals surface area contributed by atoms with Gasteiger partial charge >= 0.3 is 5.97 Å². The van der Waals surface area contributed by atoms with Crippen molar-refractivity contribution in [2.45, 2.75) is 0 Å². The second kappa shape index (κ2) is 4.48. The molecule has 0 aliphatic heterocycles. The van der Waals surface area contributed by atoms with E-state index in [2.05, 4.69) is 10.3 Å². The number of hydrogen-bond donors (Lipinski definition) is 2. The maximum absolute atomic E-state index is 11.6. The lowest BCUT2D eigenvalue weighted by molar-refractivity contribution is 0.0697. The van der Waals surface area contributed by atoms with Crippen LogP contribution in [0, 0.1) is 0 Å². The van der Waals surface area contributed by atoms with Crippen LogP contribution < -0.4 is 5.32 Å². The van der Waals surface area contributed by atoms with Gasteiger partial charge in [0.1, 0.15) is 11.4 Å². The largest absolute Gasteiger partial charge is 0.478 e. The highest BCUT2D eigenvalue weighted by Gasteiger charge is 2.15. The fourth-order valence-corrected chi connectivity index (χ4v) is 1.25. The lowest BCUT2D eigenvalue weighted by Gasteiger charge is -2.04. The van der Waals surface area contributed by atoms with E-state index in [9.17, 15) is 9.59 Å². The molecule has 2 aromatic heterocycles. The molecule has 0 radical (unpaired) electrons. The number of nitrogens with zero attached hydrogens (tertiary/aromatic N) is 1.